The molecule has 0 radical (unpaired) electrons. The Balaban J connectivity index is 1.54. The minimum absolute atomic E-state index is 0.0358. The highest BCUT2D eigenvalue weighted by Crippen LogP contribution is 2.32. The van der Waals surface area contributed by atoms with Gasteiger partial charge in [-0.2, -0.15) is 0 Å². The molecule has 0 spiro atoms. The predicted molar refractivity (Wildman–Crippen MR) is 127 cm³/mol. The van der Waals surface area contributed by atoms with Crippen LogP contribution in [0.5, 0.6) is 0 Å². The van der Waals surface area contributed by atoms with Crippen molar-refractivity contribution in [2.75, 3.05) is 11.9 Å². The van der Waals surface area contributed by atoms with Gasteiger partial charge >= 0.3 is 6.09 Å². The Bertz CT molecular complexity index is 1290. The number of hydrogen-bond donors (Lipinski definition) is 1. The molecule has 0 saturated heterocycles. The van der Waals surface area contributed by atoms with Gasteiger partial charge in [0, 0.05) is 23.9 Å². The van der Waals surface area contributed by atoms with Crippen LogP contribution in [-0.4, -0.2) is 41.5 Å². The van der Waals surface area contributed by atoms with E-state index in [0.717, 1.165) is 10.6 Å². The van der Waals surface area contributed by atoms with Gasteiger partial charge in [-0.1, -0.05) is 41.1 Å². The van der Waals surface area contributed by atoms with E-state index in [1.54, 1.807) is 23.1 Å². The van der Waals surface area contributed by atoms with E-state index in [1.165, 1.54) is 35.6 Å². The highest BCUT2D eigenvalue weighted by molar-refractivity contribution is 7.91. The number of pyridine rings is 1. The Kier molecular flexibility index (Phi) is 6.35. The molecule has 3 heterocycles. The number of anilines is 2. The summed E-state index contributed by atoms with van der Waals surface area (Å²) in [5.74, 6) is 0.270. The monoisotopic (exact) mass is 506 g/mol. The number of hydrogen-bond acceptors (Lipinski definition) is 8. The van der Waals surface area contributed by atoms with E-state index in [0.29, 0.717) is 24.6 Å². The molecule has 11 heteroatoms. The predicted octanol–water partition coefficient (Wildman–Crippen LogP) is 5.06. The van der Waals surface area contributed by atoms with Gasteiger partial charge in [0.1, 0.15) is 16.6 Å². The molecule has 33 heavy (non-hydrogen) atoms. The van der Waals surface area contributed by atoms with Crippen molar-refractivity contribution in [3.8, 4) is 0 Å². The fraction of sp³-hybridized carbons (Fsp3) is 0.318. The molecular formula is C22H23ClN4O4S2. The Hall–Kier alpha value is -2.69. The first-order chi connectivity index (χ1) is 15.5. The van der Waals surface area contributed by atoms with Gasteiger partial charge in [-0.25, -0.2) is 23.2 Å². The SMILES string of the molecule is CC(C)(C)OC(=O)N1CCc2nc(Nc3cc(S(=O)(=O)c4ccccc4)cc(Cl)n3)sc2C1. The van der Waals surface area contributed by atoms with Gasteiger partial charge in [0.15, 0.2) is 5.13 Å². The fourth-order valence-electron chi connectivity index (χ4n) is 3.27. The molecular weight excluding hydrogens is 484 g/mol. The summed E-state index contributed by atoms with van der Waals surface area (Å²) in [6, 6.07) is 10.9. The van der Waals surface area contributed by atoms with Crippen LogP contribution in [0.2, 0.25) is 5.15 Å². The van der Waals surface area contributed by atoms with Crippen LogP contribution in [0.1, 0.15) is 31.3 Å². The number of aromatic nitrogens is 2. The lowest BCUT2D eigenvalue weighted by atomic mass is 10.2. The average molecular weight is 507 g/mol. The molecule has 0 fully saturated rings. The maximum Gasteiger partial charge on any atom is 0.410 e. The van der Waals surface area contributed by atoms with Crippen molar-refractivity contribution in [3.05, 3.63) is 58.2 Å². The zero-order valence-corrected chi connectivity index (χ0v) is 20.7. The van der Waals surface area contributed by atoms with Crippen molar-refractivity contribution in [1.82, 2.24) is 14.9 Å². The molecule has 174 valence electrons. The molecule has 1 aliphatic heterocycles. The Morgan fingerprint density at radius 3 is 2.58 bits per heavy atom. The van der Waals surface area contributed by atoms with Crippen molar-refractivity contribution < 1.29 is 17.9 Å². The first-order valence-electron chi connectivity index (χ1n) is 10.2. The van der Waals surface area contributed by atoms with Crippen LogP contribution in [0.15, 0.2) is 52.3 Å². The molecule has 1 aliphatic rings. The number of carbonyl (C=O) groups is 1. The number of sulfone groups is 1. The van der Waals surface area contributed by atoms with Crippen LogP contribution in [0.25, 0.3) is 0 Å². The zero-order valence-electron chi connectivity index (χ0n) is 18.3. The smallest absolute Gasteiger partial charge is 0.410 e. The number of carbonyl (C=O) groups excluding carboxylic acids is 1. The number of amides is 1. The summed E-state index contributed by atoms with van der Waals surface area (Å²) in [7, 11) is -3.75. The third-order valence-corrected chi connectivity index (χ3v) is 7.69. The number of benzene rings is 1. The normalized spacial score (nSPS) is 14.0. The number of nitrogens with zero attached hydrogens (tertiary/aromatic N) is 3. The maximum atomic E-state index is 13.0. The van der Waals surface area contributed by atoms with Gasteiger partial charge in [-0.3, -0.25) is 0 Å². The molecule has 0 unspecified atom stereocenters. The van der Waals surface area contributed by atoms with Crippen LogP contribution in [-0.2, 0) is 27.5 Å². The molecule has 1 aromatic carbocycles. The number of halogens is 1. The molecule has 3 aromatic rings. The summed E-state index contributed by atoms with van der Waals surface area (Å²) < 4.78 is 31.4. The van der Waals surface area contributed by atoms with Crippen molar-refractivity contribution in [1.29, 1.82) is 0 Å². The Labute approximate surface area is 201 Å². The number of rotatable bonds is 4. The largest absolute Gasteiger partial charge is 0.444 e. The van der Waals surface area contributed by atoms with Crippen LogP contribution in [0, 0.1) is 0 Å². The van der Waals surface area contributed by atoms with Gasteiger partial charge in [0.05, 0.1) is 22.0 Å². The van der Waals surface area contributed by atoms with E-state index < -0.39 is 15.4 Å². The third-order valence-electron chi connectivity index (χ3n) is 4.75. The average Bonchev–Trinajstić information content (AvgIpc) is 3.14. The van der Waals surface area contributed by atoms with E-state index >= 15 is 0 Å². The Morgan fingerprint density at radius 2 is 1.88 bits per heavy atom. The first kappa shape index (κ1) is 23.5. The molecule has 0 saturated carbocycles. The van der Waals surface area contributed by atoms with Crippen LogP contribution in [0.3, 0.4) is 0 Å². The van der Waals surface area contributed by atoms with Crippen LogP contribution in [0.4, 0.5) is 15.7 Å². The number of thiazole rings is 1. The molecule has 0 bridgehead atoms. The van der Waals surface area contributed by atoms with E-state index in [-0.39, 0.29) is 26.9 Å². The minimum atomic E-state index is -3.75. The van der Waals surface area contributed by atoms with Gasteiger partial charge in [-0.15, -0.1) is 0 Å². The number of fused-ring (bicyclic) bond motifs is 1. The van der Waals surface area contributed by atoms with Crippen molar-refractivity contribution in [3.63, 3.8) is 0 Å². The first-order valence-corrected chi connectivity index (χ1v) is 12.9. The highest BCUT2D eigenvalue weighted by Gasteiger charge is 2.28. The lowest BCUT2D eigenvalue weighted by Crippen LogP contribution is -2.39. The summed E-state index contributed by atoms with van der Waals surface area (Å²) in [6.45, 7) is 6.41. The van der Waals surface area contributed by atoms with Crippen molar-refractivity contribution in [2.45, 2.75) is 49.1 Å². The molecule has 2 aromatic heterocycles. The number of nitrogens with one attached hydrogen (secondary N) is 1. The standard InChI is InChI=1S/C22H23ClN4O4S2/c1-22(2,3)31-21(28)27-10-9-16-17(13-27)32-20(24-16)26-19-12-15(11-18(23)25-19)33(29,30)14-7-5-4-6-8-14/h4-8,11-12H,9-10,13H2,1-3H3,(H,24,25,26). The zero-order chi connectivity index (χ0) is 23.8. The molecule has 0 aliphatic carbocycles. The van der Waals surface area contributed by atoms with E-state index in [4.69, 9.17) is 16.3 Å². The summed E-state index contributed by atoms with van der Waals surface area (Å²) >= 11 is 7.51. The summed E-state index contributed by atoms with van der Waals surface area (Å²) in [5.41, 5.74) is 0.329. The minimum Gasteiger partial charge on any atom is -0.444 e. The van der Waals surface area contributed by atoms with Gasteiger partial charge in [0.25, 0.3) is 0 Å². The molecule has 1 amide bonds. The van der Waals surface area contributed by atoms with Crippen molar-refractivity contribution in [2.24, 2.45) is 0 Å². The van der Waals surface area contributed by atoms with Crippen LogP contribution < -0.4 is 5.32 Å². The summed E-state index contributed by atoms with van der Waals surface area (Å²) in [6.07, 6.45) is 0.243. The van der Waals surface area contributed by atoms with E-state index in [9.17, 15) is 13.2 Å². The second kappa shape index (κ2) is 8.92. The molecule has 1 N–H and O–H groups in total. The lowest BCUT2D eigenvalue weighted by molar-refractivity contribution is 0.0225. The quantitative estimate of drug-likeness (QED) is 0.493. The topological polar surface area (TPSA) is 101 Å². The Morgan fingerprint density at radius 1 is 1.15 bits per heavy atom. The van der Waals surface area contributed by atoms with Crippen LogP contribution >= 0.6 is 22.9 Å². The second-order valence-electron chi connectivity index (χ2n) is 8.49. The van der Waals surface area contributed by atoms with E-state index in [2.05, 4.69) is 15.3 Å². The second-order valence-corrected chi connectivity index (χ2v) is 11.9. The summed E-state index contributed by atoms with van der Waals surface area (Å²) in [4.78, 5) is 24.0. The van der Waals surface area contributed by atoms with Crippen molar-refractivity contribution >= 4 is 49.8 Å². The summed E-state index contributed by atoms with van der Waals surface area (Å²) in [5, 5.41) is 3.65. The van der Waals surface area contributed by atoms with Gasteiger partial charge in [0.2, 0.25) is 9.84 Å². The maximum absolute atomic E-state index is 13.0. The fourth-order valence-corrected chi connectivity index (χ4v) is 5.89. The van der Waals surface area contributed by atoms with Gasteiger partial charge < -0.3 is 15.0 Å². The number of ether oxygens (including phenoxy) is 1. The molecule has 8 nitrogen and oxygen atoms in total. The third kappa shape index (κ3) is 5.45. The molecule has 0 atom stereocenters. The highest BCUT2D eigenvalue weighted by atomic mass is 35.5. The van der Waals surface area contributed by atoms with E-state index in [1.807, 2.05) is 20.8 Å². The lowest BCUT2D eigenvalue weighted by Gasteiger charge is -2.29. The molecule has 4 rings (SSSR count). The van der Waals surface area contributed by atoms with Gasteiger partial charge in [-0.05, 0) is 39.0 Å².